The Morgan fingerprint density at radius 3 is 1.78 bits per heavy atom. The number of alkyl halides is 1. The predicted molar refractivity (Wildman–Crippen MR) is 44.3 cm³/mol. The number of hydrogen-bond donors (Lipinski definition) is 0. The molecule has 9 heavy (non-hydrogen) atoms. The third-order valence-corrected chi connectivity index (χ3v) is 1.46. The summed E-state index contributed by atoms with van der Waals surface area (Å²) in [6.07, 6.45) is 0. The first-order chi connectivity index (χ1) is 3.85. The van der Waals surface area contributed by atoms with Crippen molar-refractivity contribution in [3.8, 4) is 0 Å². The molecule has 0 bridgehead atoms. The van der Waals surface area contributed by atoms with E-state index in [1.807, 2.05) is 0 Å². The van der Waals surface area contributed by atoms with E-state index >= 15 is 0 Å². The van der Waals surface area contributed by atoms with Crippen LogP contribution in [0.4, 0.5) is 0 Å². The van der Waals surface area contributed by atoms with Gasteiger partial charge in [0.05, 0.1) is 0 Å². The van der Waals surface area contributed by atoms with Gasteiger partial charge in [-0.25, -0.2) is 0 Å². The molecule has 1 radical (unpaired) electrons. The third kappa shape index (κ3) is 7.14. The van der Waals surface area contributed by atoms with Crippen molar-refractivity contribution < 1.29 is 0 Å². The smallest absolute Gasteiger partial charge is 0.0351 e. The zero-order chi connectivity index (χ0) is 6.41. The Labute approximate surface area is 85.0 Å². The Morgan fingerprint density at radius 2 is 1.67 bits per heavy atom. The fourth-order valence-corrected chi connectivity index (χ4v) is 0.898. The summed E-state index contributed by atoms with van der Waals surface area (Å²) in [5.74, 6) is 0.752. The van der Waals surface area contributed by atoms with Crippen molar-refractivity contribution in [2.75, 3.05) is 25.5 Å². The third-order valence-electron chi connectivity index (χ3n) is 1.30. The van der Waals surface area contributed by atoms with Crippen LogP contribution < -0.4 is 0 Å². The predicted octanol–water partition coefficient (Wildman–Crippen LogP) is 1.19. The van der Waals surface area contributed by atoms with Crippen LogP contribution in [0, 0.1) is 0 Å². The van der Waals surface area contributed by atoms with Crippen LogP contribution in [0.25, 0.3) is 0 Å². The maximum absolute atomic E-state index is 5.51. The maximum Gasteiger partial charge on any atom is 0.0351 e. The van der Waals surface area contributed by atoms with Crippen LogP contribution in [0.1, 0.15) is 13.8 Å². The SMILES string of the molecule is CCN(CC)CCCl.[Na]. The zero-order valence-corrected chi connectivity index (χ0v) is 9.41. The first-order valence-electron chi connectivity index (χ1n) is 3.13. The van der Waals surface area contributed by atoms with E-state index in [1.54, 1.807) is 0 Å². The van der Waals surface area contributed by atoms with E-state index in [9.17, 15) is 0 Å². The minimum Gasteiger partial charge on any atom is -0.303 e. The summed E-state index contributed by atoms with van der Waals surface area (Å²) in [4.78, 5) is 2.30. The summed E-state index contributed by atoms with van der Waals surface area (Å²) < 4.78 is 0. The van der Waals surface area contributed by atoms with Crippen molar-refractivity contribution in [3.05, 3.63) is 0 Å². The monoisotopic (exact) mass is 158 g/mol. The number of hydrogen-bond acceptors (Lipinski definition) is 1. The molecular formula is C6H14ClNNa. The molecule has 51 valence electrons. The van der Waals surface area contributed by atoms with E-state index in [-0.39, 0.29) is 29.6 Å². The average Bonchev–Trinajstić information content (AvgIpc) is 1.83. The fourth-order valence-electron chi connectivity index (χ4n) is 0.659. The van der Waals surface area contributed by atoms with Crippen molar-refractivity contribution in [3.63, 3.8) is 0 Å². The molecule has 0 atom stereocenters. The van der Waals surface area contributed by atoms with E-state index in [2.05, 4.69) is 18.7 Å². The van der Waals surface area contributed by atoms with Crippen LogP contribution in [0.15, 0.2) is 0 Å². The van der Waals surface area contributed by atoms with Gasteiger partial charge in [0.2, 0.25) is 0 Å². The Hall–Kier alpha value is 1.25. The van der Waals surface area contributed by atoms with Crippen LogP contribution >= 0.6 is 11.6 Å². The summed E-state index contributed by atoms with van der Waals surface area (Å²) in [5.41, 5.74) is 0. The zero-order valence-electron chi connectivity index (χ0n) is 6.65. The van der Waals surface area contributed by atoms with Gasteiger partial charge in [-0.3, -0.25) is 0 Å². The van der Waals surface area contributed by atoms with Crippen molar-refractivity contribution in [2.24, 2.45) is 0 Å². The first-order valence-corrected chi connectivity index (χ1v) is 3.66. The van der Waals surface area contributed by atoms with Crippen LogP contribution in [0.3, 0.4) is 0 Å². The van der Waals surface area contributed by atoms with Crippen molar-refractivity contribution in [1.29, 1.82) is 0 Å². The van der Waals surface area contributed by atoms with Gasteiger partial charge < -0.3 is 4.90 Å². The number of rotatable bonds is 4. The standard InChI is InChI=1S/C6H14ClN.Na/c1-3-8(4-2)6-5-7;/h3-6H2,1-2H3;. The summed E-state index contributed by atoms with van der Waals surface area (Å²) >= 11 is 5.51. The molecule has 0 aromatic carbocycles. The van der Waals surface area contributed by atoms with Gasteiger partial charge in [-0.15, -0.1) is 11.6 Å². The molecule has 0 spiro atoms. The normalized spacial score (nSPS) is 9.33. The van der Waals surface area contributed by atoms with Crippen LogP contribution in [0.2, 0.25) is 0 Å². The number of nitrogens with zero attached hydrogens (tertiary/aromatic N) is 1. The van der Waals surface area contributed by atoms with Crippen molar-refractivity contribution in [2.45, 2.75) is 13.8 Å². The second-order valence-corrected chi connectivity index (χ2v) is 2.09. The molecule has 0 unspecified atom stereocenters. The Balaban J connectivity index is 0. The minimum atomic E-state index is 0. The van der Waals surface area contributed by atoms with Crippen molar-refractivity contribution in [1.82, 2.24) is 4.90 Å². The summed E-state index contributed by atoms with van der Waals surface area (Å²) in [6.45, 7) is 7.55. The molecule has 0 rings (SSSR count). The first kappa shape index (κ1) is 12.9. The molecule has 0 aromatic rings. The second kappa shape index (κ2) is 9.25. The van der Waals surface area contributed by atoms with E-state index < -0.39 is 0 Å². The fraction of sp³-hybridized carbons (Fsp3) is 1.00. The van der Waals surface area contributed by atoms with Crippen molar-refractivity contribution >= 4 is 41.2 Å². The molecule has 0 aliphatic heterocycles. The molecule has 1 nitrogen and oxygen atoms in total. The van der Waals surface area contributed by atoms with Crippen LogP contribution in [0.5, 0.6) is 0 Å². The number of halogens is 1. The molecule has 0 aromatic heterocycles. The molecule has 0 aliphatic rings. The molecule has 0 heterocycles. The van der Waals surface area contributed by atoms with E-state index in [4.69, 9.17) is 11.6 Å². The van der Waals surface area contributed by atoms with Gasteiger partial charge in [0.15, 0.2) is 0 Å². The van der Waals surface area contributed by atoms with Crippen LogP contribution in [-0.4, -0.2) is 60.0 Å². The molecular weight excluding hydrogens is 145 g/mol. The molecule has 0 saturated carbocycles. The Morgan fingerprint density at radius 1 is 1.22 bits per heavy atom. The van der Waals surface area contributed by atoms with Gasteiger partial charge in [0, 0.05) is 42.0 Å². The molecule has 0 saturated heterocycles. The minimum absolute atomic E-state index is 0. The quantitative estimate of drug-likeness (QED) is 0.439. The summed E-state index contributed by atoms with van der Waals surface area (Å²) in [5, 5.41) is 0. The van der Waals surface area contributed by atoms with E-state index in [0.717, 1.165) is 25.5 Å². The summed E-state index contributed by atoms with van der Waals surface area (Å²) in [7, 11) is 0. The Bertz CT molecular complexity index is 48.3. The largest absolute Gasteiger partial charge is 0.303 e. The van der Waals surface area contributed by atoms with Gasteiger partial charge in [-0.05, 0) is 13.1 Å². The molecule has 0 fully saturated rings. The van der Waals surface area contributed by atoms with E-state index in [0.29, 0.717) is 0 Å². The van der Waals surface area contributed by atoms with E-state index in [1.165, 1.54) is 0 Å². The van der Waals surface area contributed by atoms with Gasteiger partial charge in [-0.1, -0.05) is 13.8 Å². The second-order valence-electron chi connectivity index (χ2n) is 1.72. The topological polar surface area (TPSA) is 3.24 Å². The molecule has 3 heteroatoms. The van der Waals surface area contributed by atoms with Gasteiger partial charge >= 0.3 is 0 Å². The van der Waals surface area contributed by atoms with Gasteiger partial charge in [0.25, 0.3) is 0 Å². The Kier molecular flexibility index (Phi) is 13.2. The van der Waals surface area contributed by atoms with Gasteiger partial charge in [0.1, 0.15) is 0 Å². The maximum atomic E-state index is 5.51. The van der Waals surface area contributed by atoms with Gasteiger partial charge in [-0.2, -0.15) is 0 Å². The summed E-state index contributed by atoms with van der Waals surface area (Å²) in [6, 6.07) is 0. The average molecular weight is 159 g/mol. The molecule has 0 amide bonds. The molecule has 0 aliphatic carbocycles. The van der Waals surface area contributed by atoms with Crippen LogP contribution in [-0.2, 0) is 0 Å². The molecule has 0 N–H and O–H groups in total.